The number of H-pyrrole nitrogens is 1. The fraction of sp³-hybridized carbons (Fsp3) is 0.125. The van der Waals surface area contributed by atoms with Crippen LogP contribution in [0.3, 0.4) is 0 Å². The summed E-state index contributed by atoms with van der Waals surface area (Å²) in [5.41, 5.74) is 1.50. The van der Waals surface area contributed by atoms with Crippen LogP contribution < -0.4 is 15.6 Å². The van der Waals surface area contributed by atoms with Crippen molar-refractivity contribution in [2.24, 2.45) is 0 Å². The summed E-state index contributed by atoms with van der Waals surface area (Å²) >= 11 is 0. The SMILES string of the molecule is COc1ccccc1CN(Cc1nc2ccccc2c(=O)[nH]1)C(=O)Nc1ccc(F)cc1. The van der Waals surface area contributed by atoms with Crippen molar-refractivity contribution in [2.75, 3.05) is 12.4 Å². The van der Waals surface area contributed by atoms with Crippen molar-refractivity contribution in [1.82, 2.24) is 14.9 Å². The maximum absolute atomic E-state index is 13.2. The number of methoxy groups -OCH3 is 1. The molecule has 0 aliphatic carbocycles. The molecule has 1 heterocycles. The number of halogens is 1. The van der Waals surface area contributed by atoms with Crippen LogP contribution in [0.1, 0.15) is 11.4 Å². The van der Waals surface area contributed by atoms with Gasteiger partial charge in [-0.05, 0) is 42.5 Å². The third-order valence-electron chi connectivity index (χ3n) is 4.94. The second-order valence-corrected chi connectivity index (χ2v) is 7.13. The first kappa shape index (κ1) is 21.0. The Bertz CT molecular complexity index is 1300. The fourth-order valence-corrected chi connectivity index (χ4v) is 3.37. The van der Waals surface area contributed by atoms with Gasteiger partial charge in [0.1, 0.15) is 17.4 Å². The summed E-state index contributed by atoms with van der Waals surface area (Å²) in [7, 11) is 1.56. The van der Waals surface area contributed by atoms with E-state index >= 15 is 0 Å². The summed E-state index contributed by atoms with van der Waals surface area (Å²) in [6.45, 7) is 0.249. The third kappa shape index (κ3) is 4.75. The van der Waals surface area contributed by atoms with Gasteiger partial charge in [-0.15, -0.1) is 0 Å². The van der Waals surface area contributed by atoms with Crippen LogP contribution in [-0.2, 0) is 13.1 Å². The maximum atomic E-state index is 13.2. The van der Waals surface area contributed by atoms with Gasteiger partial charge in [-0.25, -0.2) is 14.2 Å². The number of hydrogen-bond donors (Lipinski definition) is 2. The topological polar surface area (TPSA) is 87.3 Å². The first-order valence-corrected chi connectivity index (χ1v) is 9.95. The number of nitrogens with one attached hydrogen (secondary N) is 2. The van der Waals surface area contributed by atoms with Crippen molar-refractivity contribution in [3.05, 3.63) is 100 Å². The molecular formula is C24H21FN4O3. The molecule has 162 valence electrons. The second kappa shape index (κ2) is 9.30. The minimum absolute atomic E-state index is 0.0468. The first-order chi connectivity index (χ1) is 15.5. The lowest BCUT2D eigenvalue weighted by molar-refractivity contribution is 0.204. The monoisotopic (exact) mass is 432 g/mol. The molecule has 4 rings (SSSR count). The number of carbonyl (C=O) groups excluding carboxylic acids is 1. The Kier molecular flexibility index (Phi) is 6.12. The van der Waals surface area contributed by atoms with E-state index in [-0.39, 0.29) is 18.6 Å². The van der Waals surface area contributed by atoms with Crippen LogP contribution in [0.5, 0.6) is 5.75 Å². The van der Waals surface area contributed by atoms with Crippen LogP contribution in [0.2, 0.25) is 0 Å². The molecule has 0 radical (unpaired) electrons. The van der Waals surface area contributed by atoms with E-state index in [9.17, 15) is 14.0 Å². The number of rotatable bonds is 6. The number of anilines is 1. The van der Waals surface area contributed by atoms with Gasteiger partial charge in [-0.1, -0.05) is 30.3 Å². The van der Waals surface area contributed by atoms with Crippen molar-refractivity contribution >= 4 is 22.6 Å². The molecule has 3 aromatic carbocycles. The van der Waals surface area contributed by atoms with E-state index in [0.717, 1.165) is 5.56 Å². The van der Waals surface area contributed by atoms with E-state index in [4.69, 9.17) is 4.74 Å². The van der Waals surface area contributed by atoms with Gasteiger partial charge in [0.25, 0.3) is 5.56 Å². The van der Waals surface area contributed by atoms with Gasteiger partial charge in [-0.3, -0.25) is 4.79 Å². The van der Waals surface area contributed by atoms with E-state index in [1.807, 2.05) is 24.3 Å². The smallest absolute Gasteiger partial charge is 0.322 e. The molecule has 7 nitrogen and oxygen atoms in total. The molecule has 0 saturated carbocycles. The van der Waals surface area contributed by atoms with Crippen LogP contribution in [0.25, 0.3) is 10.9 Å². The van der Waals surface area contributed by atoms with Gasteiger partial charge in [0, 0.05) is 11.3 Å². The fourth-order valence-electron chi connectivity index (χ4n) is 3.37. The Morgan fingerprint density at radius 2 is 1.75 bits per heavy atom. The molecule has 0 fully saturated rings. The van der Waals surface area contributed by atoms with Crippen molar-refractivity contribution in [3.8, 4) is 5.75 Å². The summed E-state index contributed by atoms with van der Waals surface area (Å²) in [6.07, 6.45) is 0. The van der Waals surface area contributed by atoms with E-state index in [2.05, 4.69) is 15.3 Å². The van der Waals surface area contributed by atoms with Crippen LogP contribution in [0, 0.1) is 5.82 Å². The summed E-state index contributed by atoms with van der Waals surface area (Å²) in [5, 5.41) is 3.23. The number of amides is 2. The summed E-state index contributed by atoms with van der Waals surface area (Å²) in [4.78, 5) is 34.3. The zero-order valence-electron chi connectivity index (χ0n) is 17.3. The predicted octanol–water partition coefficient (Wildman–Crippen LogP) is 4.31. The molecule has 0 unspecified atom stereocenters. The van der Waals surface area contributed by atoms with Crippen LogP contribution in [0.15, 0.2) is 77.6 Å². The normalized spacial score (nSPS) is 10.7. The van der Waals surface area contributed by atoms with Crippen LogP contribution >= 0.6 is 0 Å². The molecule has 32 heavy (non-hydrogen) atoms. The summed E-state index contributed by atoms with van der Waals surface area (Å²) in [5.74, 6) is 0.580. The Morgan fingerprint density at radius 3 is 2.53 bits per heavy atom. The van der Waals surface area contributed by atoms with Crippen molar-refractivity contribution in [1.29, 1.82) is 0 Å². The minimum Gasteiger partial charge on any atom is -0.496 e. The molecule has 0 aliphatic rings. The van der Waals surface area contributed by atoms with E-state index in [1.165, 1.54) is 29.2 Å². The highest BCUT2D eigenvalue weighted by molar-refractivity contribution is 5.89. The van der Waals surface area contributed by atoms with Crippen molar-refractivity contribution < 1.29 is 13.9 Å². The Labute approximate surface area is 183 Å². The molecular weight excluding hydrogens is 411 g/mol. The van der Waals surface area contributed by atoms with Crippen LogP contribution in [0.4, 0.5) is 14.9 Å². The highest BCUT2D eigenvalue weighted by atomic mass is 19.1. The molecule has 4 aromatic rings. The number of nitrogens with zero attached hydrogens (tertiary/aromatic N) is 2. The molecule has 1 aromatic heterocycles. The lowest BCUT2D eigenvalue weighted by atomic mass is 10.2. The minimum atomic E-state index is -0.432. The average Bonchev–Trinajstić information content (AvgIpc) is 2.80. The van der Waals surface area contributed by atoms with E-state index < -0.39 is 11.8 Å². The standard InChI is InChI=1S/C24H21FN4O3/c1-32-21-9-5-2-6-16(21)14-29(24(31)26-18-12-10-17(25)11-13-18)15-22-27-20-8-4-3-7-19(20)23(30)28-22/h2-13H,14-15H2,1H3,(H,26,31)(H,27,28,30). The number of hydrogen-bond acceptors (Lipinski definition) is 4. The molecule has 0 spiro atoms. The quantitative estimate of drug-likeness (QED) is 0.475. The number of benzene rings is 3. The van der Waals surface area contributed by atoms with Gasteiger partial charge in [0.2, 0.25) is 0 Å². The lowest BCUT2D eigenvalue weighted by Gasteiger charge is -2.24. The molecule has 0 aliphatic heterocycles. The van der Waals surface area contributed by atoms with E-state index in [1.54, 1.807) is 31.4 Å². The maximum Gasteiger partial charge on any atom is 0.322 e. The number of para-hydroxylation sites is 2. The van der Waals surface area contributed by atoms with Crippen molar-refractivity contribution in [2.45, 2.75) is 13.1 Å². The van der Waals surface area contributed by atoms with Crippen molar-refractivity contribution in [3.63, 3.8) is 0 Å². The largest absolute Gasteiger partial charge is 0.496 e. The second-order valence-electron chi connectivity index (χ2n) is 7.13. The number of aromatic nitrogens is 2. The van der Waals surface area contributed by atoms with Gasteiger partial charge in [0.15, 0.2) is 0 Å². The Balaban J connectivity index is 1.65. The average molecular weight is 432 g/mol. The Morgan fingerprint density at radius 1 is 1.03 bits per heavy atom. The number of carbonyl (C=O) groups is 1. The van der Waals surface area contributed by atoms with Gasteiger partial charge < -0.3 is 19.9 Å². The molecule has 2 amide bonds. The number of urea groups is 1. The summed E-state index contributed by atoms with van der Waals surface area (Å²) < 4.78 is 18.6. The zero-order valence-corrected chi connectivity index (χ0v) is 17.3. The lowest BCUT2D eigenvalue weighted by Crippen LogP contribution is -2.35. The molecule has 0 atom stereocenters. The number of ether oxygens (including phenoxy) is 1. The van der Waals surface area contributed by atoms with Gasteiger partial charge in [0.05, 0.1) is 31.1 Å². The van der Waals surface area contributed by atoms with E-state index in [0.29, 0.717) is 28.2 Å². The molecule has 0 saturated heterocycles. The highest BCUT2D eigenvalue weighted by Gasteiger charge is 2.18. The molecule has 0 bridgehead atoms. The third-order valence-corrected chi connectivity index (χ3v) is 4.94. The summed E-state index contributed by atoms with van der Waals surface area (Å²) in [6, 6.07) is 19.4. The molecule has 8 heteroatoms. The first-order valence-electron chi connectivity index (χ1n) is 9.95. The molecule has 2 N–H and O–H groups in total. The number of aromatic amines is 1. The Hall–Kier alpha value is -4.20. The predicted molar refractivity (Wildman–Crippen MR) is 120 cm³/mol. The van der Waals surface area contributed by atoms with Gasteiger partial charge in [-0.2, -0.15) is 0 Å². The van der Waals surface area contributed by atoms with Gasteiger partial charge >= 0.3 is 6.03 Å². The van der Waals surface area contributed by atoms with Crippen LogP contribution in [-0.4, -0.2) is 28.0 Å². The zero-order chi connectivity index (χ0) is 22.5. The number of fused-ring (bicyclic) bond motifs is 1. The highest BCUT2D eigenvalue weighted by Crippen LogP contribution is 2.21.